The second-order valence-electron chi connectivity index (χ2n) is 6.89. The van der Waals surface area contributed by atoms with Crippen molar-refractivity contribution in [1.82, 2.24) is 14.8 Å². The molecular formula is C24H16N4O4. The molecule has 1 N–H and O–H groups in total. The number of ether oxygens (including phenoxy) is 1. The number of para-hydroxylation sites is 1. The Morgan fingerprint density at radius 1 is 0.906 bits per heavy atom. The summed E-state index contributed by atoms with van der Waals surface area (Å²) >= 11 is 0. The highest BCUT2D eigenvalue weighted by Crippen LogP contribution is 2.22. The van der Waals surface area contributed by atoms with Gasteiger partial charge >= 0.3 is 5.63 Å². The average molecular weight is 424 g/mol. The number of aromatic nitrogens is 3. The van der Waals surface area contributed by atoms with Crippen LogP contribution in [0.5, 0.6) is 11.6 Å². The highest BCUT2D eigenvalue weighted by molar-refractivity contribution is 6.05. The van der Waals surface area contributed by atoms with Crippen molar-refractivity contribution in [2.24, 2.45) is 0 Å². The van der Waals surface area contributed by atoms with E-state index in [4.69, 9.17) is 9.15 Å². The zero-order valence-electron chi connectivity index (χ0n) is 16.6. The molecule has 156 valence electrons. The van der Waals surface area contributed by atoms with E-state index in [1.807, 2.05) is 29.1 Å². The molecule has 8 nitrogen and oxygen atoms in total. The number of anilines is 1. The predicted octanol–water partition coefficient (Wildman–Crippen LogP) is 4.42. The van der Waals surface area contributed by atoms with Crippen molar-refractivity contribution in [3.8, 4) is 17.4 Å². The smallest absolute Gasteiger partial charge is 0.349 e. The molecule has 0 unspecified atom stereocenters. The summed E-state index contributed by atoms with van der Waals surface area (Å²) in [6.45, 7) is 0. The molecule has 0 aliphatic carbocycles. The number of hydrogen-bond acceptors (Lipinski definition) is 6. The van der Waals surface area contributed by atoms with E-state index in [1.54, 1.807) is 60.7 Å². The summed E-state index contributed by atoms with van der Waals surface area (Å²) in [5, 5.41) is 11.6. The minimum atomic E-state index is -0.692. The van der Waals surface area contributed by atoms with Crippen molar-refractivity contribution >= 4 is 22.6 Å². The SMILES string of the molecule is O=C(Nc1ccc(Oc2ccc(-n3cccc3)nn2)cc1)c1cc2ccccc2oc1=O. The fourth-order valence-electron chi connectivity index (χ4n) is 3.14. The maximum atomic E-state index is 12.6. The van der Waals surface area contributed by atoms with Crippen molar-refractivity contribution in [3.05, 3.63) is 107 Å². The first-order chi connectivity index (χ1) is 15.7. The van der Waals surface area contributed by atoms with E-state index in [1.165, 1.54) is 6.07 Å². The van der Waals surface area contributed by atoms with Crippen molar-refractivity contribution < 1.29 is 13.9 Å². The Morgan fingerprint density at radius 3 is 2.44 bits per heavy atom. The zero-order chi connectivity index (χ0) is 21.9. The molecule has 0 spiro atoms. The Labute approximate surface area is 181 Å². The molecule has 5 rings (SSSR count). The van der Waals surface area contributed by atoms with Crippen LogP contribution < -0.4 is 15.7 Å². The summed E-state index contributed by atoms with van der Waals surface area (Å²) in [7, 11) is 0. The fraction of sp³-hybridized carbons (Fsp3) is 0. The number of nitrogens with zero attached hydrogens (tertiary/aromatic N) is 3. The van der Waals surface area contributed by atoms with E-state index < -0.39 is 11.5 Å². The standard InChI is InChI=1S/C24H16N4O4/c29-23(19-15-16-5-1-2-6-20(16)32-24(19)30)25-17-7-9-18(10-8-17)31-22-12-11-21(26-27-22)28-13-3-4-14-28/h1-15H,(H,25,29). The summed E-state index contributed by atoms with van der Waals surface area (Å²) in [6, 6.07) is 22.5. The fourth-order valence-corrected chi connectivity index (χ4v) is 3.14. The van der Waals surface area contributed by atoms with E-state index in [9.17, 15) is 9.59 Å². The third kappa shape index (κ3) is 3.97. The number of fused-ring (bicyclic) bond motifs is 1. The van der Waals surface area contributed by atoms with Gasteiger partial charge in [-0.25, -0.2) is 4.79 Å². The topological polar surface area (TPSA) is 99.2 Å². The van der Waals surface area contributed by atoms with Gasteiger partial charge in [-0.1, -0.05) is 18.2 Å². The second kappa shape index (κ2) is 8.19. The second-order valence-corrected chi connectivity index (χ2v) is 6.89. The number of hydrogen-bond donors (Lipinski definition) is 1. The van der Waals surface area contributed by atoms with Gasteiger partial charge in [-0.2, -0.15) is 0 Å². The van der Waals surface area contributed by atoms with Crippen LogP contribution in [0.4, 0.5) is 5.69 Å². The predicted molar refractivity (Wildman–Crippen MR) is 118 cm³/mol. The van der Waals surface area contributed by atoms with Crippen molar-refractivity contribution in [3.63, 3.8) is 0 Å². The van der Waals surface area contributed by atoms with Crippen LogP contribution in [0.15, 0.2) is 100 Å². The van der Waals surface area contributed by atoms with E-state index in [0.717, 1.165) is 0 Å². The van der Waals surface area contributed by atoms with Gasteiger partial charge in [0.1, 0.15) is 16.9 Å². The molecule has 1 amide bonds. The van der Waals surface area contributed by atoms with Crippen LogP contribution in [-0.2, 0) is 0 Å². The van der Waals surface area contributed by atoms with Crippen LogP contribution in [0, 0.1) is 0 Å². The third-order valence-electron chi connectivity index (χ3n) is 4.72. The molecule has 0 saturated heterocycles. The summed E-state index contributed by atoms with van der Waals surface area (Å²) in [5.41, 5.74) is 0.175. The van der Waals surface area contributed by atoms with Crippen molar-refractivity contribution in [1.29, 1.82) is 0 Å². The molecule has 3 heterocycles. The van der Waals surface area contributed by atoms with Gasteiger partial charge in [0.25, 0.3) is 5.91 Å². The van der Waals surface area contributed by atoms with Gasteiger partial charge in [0, 0.05) is 29.5 Å². The molecule has 0 aliphatic heterocycles. The van der Waals surface area contributed by atoms with Gasteiger partial charge in [-0.05, 0) is 54.6 Å². The molecule has 5 aromatic rings. The highest BCUT2D eigenvalue weighted by Gasteiger charge is 2.14. The Bertz CT molecular complexity index is 1440. The summed E-state index contributed by atoms with van der Waals surface area (Å²) in [6.07, 6.45) is 3.75. The van der Waals surface area contributed by atoms with Crippen LogP contribution >= 0.6 is 0 Å². The van der Waals surface area contributed by atoms with Gasteiger partial charge in [0.2, 0.25) is 5.88 Å². The first kappa shape index (κ1) is 19.3. The maximum absolute atomic E-state index is 12.6. The lowest BCUT2D eigenvalue weighted by molar-refractivity contribution is 0.102. The lowest BCUT2D eigenvalue weighted by Gasteiger charge is -2.08. The Kier molecular flexibility index (Phi) is 4.93. The normalized spacial score (nSPS) is 10.8. The van der Waals surface area contributed by atoms with Crippen LogP contribution in [-0.4, -0.2) is 20.7 Å². The first-order valence-electron chi connectivity index (χ1n) is 9.75. The molecule has 0 saturated carbocycles. The molecule has 3 aromatic heterocycles. The van der Waals surface area contributed by atoms with Crippen LogP contribution in [0.1, 0.15) is 10.4 Å². The van der Waals surface area contributed by atoms with E-state index in [2.05, 4.69) is 15.5 Å². The van der Waals surface area contributed by atoms with E-state index in [-0.39, 0.29) is 5.56 Å². The van der Waals surface area contributed by atoms with Gasteiger partial charge in [-0.3, -0.25) is 4.79 Å². The number of nitrogens with one attached hydrogen (secondary N) is 1. The van der Waals surface area contributed by atoms with E-state index >= 15 is 0 Å². The van der Waals surface area contributed by atoms with Gasteiger partial charge in [0.05, 0.1) is 0 Å². The molecule has 8 heteroatoms. The zero-order valence-corrected chi connectivity index (χ0v) is 16.6. The van der Waals surface area contributed by atoms with Crippen LogP contribution in [0.25, 0.3) is 16.8 Å². The number of carbonyl (C=O) groups is 1. The molecule has 0 fully saturated rings. The third-order valence-corrected chi connectivity index (χ3v) is 4.72. The van der Waals surface area contributed by atoms with Crippen molar-refractivity contribution in [2.75, 3.05) is 5.32 Å². The van der Waals surface area contributed by atoms with E-state index in [0.29, 0.717) is 34.1 Å². The Morgan fingerprint density at radius 2 is 1.69 bits per heavy atom. The van der Waals surface area contributed by atoms with Gasteiger partial charge < -0.3 is 19.0 Å². The number of benzene rings is 2. The van der Waals surface area contributed by atoms with Gasteiger partial charge in [-0.15, -0.1) is 10.2 Å². The minimum Gasteiger partial charge on any atom is -0.438 e. The minimum absolute atomic E-state index is 0.0675. The first-order valence-corrected chi connectivity index (χ1v) is 9.75. The molecule has 32 heavy (non-hydrogen) atoms. The lowest BCUT2D eigenvalue weighted by atomic mass is 10.1. The lowest BCUT2D eigenvalue weighted by Crippen LogP contribution is -2.20. The molecule has 2 aromatic carbocycles. The summed E-state index contributed by atoms with van der Waals surface area (Å²) < 4.78 is 12.8. The molecule has 0 aliphatic rings. The Hall–Kier alpha value is -4.72. The summed E-state index contributed by atoms with van der Waals surface area (Å²) in [4.78, 5) is 24.7. The molecule has 0 atom stereocenters. The maximum Gasteiger partial charge on any atom is 0.349 e. The van der Waals surface area contributed by atoms with Crippen LogP contribution in [0.2, 0.25) is 0 Å². The molecular weight excluding hydrogens is 408 g/mol. The van der Waals surface area contributed by atoms with Gasteiger partial charge in [0.15, 0.2) is 5.82 Å². The molecule has 0 bridgehead atoms. The quantitative estimate of drug-likeness (QED) is 0.419. The highest BCUT2D eigenvalue weighted by atomic mass is 16.5. The largest absolute Gasteiger partial charge is 0.438 e. The Balaban J connectivity index is 1.27. The van der Waals surface area contributed by atoms with Crippen molar-refractivity contribution in [2.45, 2.75) is 0 Å². The average Bonchev–Trinajstić information content (AvgIpc) is 3.35. The number of amides is 1. The number of carbonyl (C=O) groups excluding carboxylic acids is 1. The van der Waals surface area contributed by atoms with Crippen LogP contribution in [0.3, 0.4) is 0 Å². The molecule has 0 radical (unpaired) electrons. The monoisotopic (exact) mass is 424 g/mol. The number of rotatable bonds is 5. The summed E-state index contributed by atoms with van der Waals surface area (Å²) in [5.74, 6) is 0.992.